The lowest BCUT2D eigenvalue weighted by molar-refractivity contribution is 0.0141. The fraction of sp³-hybridized carbons (Fsp3) is 0.727. The van der Waals surface area contributed by atoms with Crippen molar-refractivity contribution in [1.29, 1.82) is 0 Å². The van der Waals surface area contributed by atoms with Crippen molar-refractivity contribution in [2.75, 3.05) is 46.2 Å². The van der Waals surface area contributed by atoms with Gasteiger partial charge in [-0.1, -0.05) is 10.3 Å². The van der Waals surface area contributed by atoms with Gasteiger partial charge in [-0.25, -0.2) is 4.68 Å². The van der Waals surface area contributed by atoms with Gasteiger partial charge in [0.15, 0.2) is 6.29 Å². The van der Waals surface area contributed by atoms with Gasteiger partial charge in [-0.3, -0.25) is 4.79 Å². The summed E-state index contributed by atoms with van der Waals surface area (Å²) >= 11 is 0. The molecule has 0 saturated heterocycles. The van der Waals surface area contributed by atoms with Gasteiger partial charge in [-0.05, 0) is 5.53 Å². The third-order valence-electron chi connectivity index (χ3n) is 2.28. The number of nitrogens with zero attached hydrogens (tertiary/aromatic N) is 6. The van der Waals surface area contributed by atoms with Gasteiger partial charge in [-0.15, -0.1) is 5.10 Å². The predicted octanol–water partition coefficient (Wildman–Crippen LogP) is 0.451. The summed E-state index contributed by atoms with van der Waals surface area (Å²) in [5.41, 5.74) is 8.34. The van der Waals surface area contributed by atoms with Crippen molar-refractivity contribution >= 4 is 6.29 Å². The van der Waals surface area contributed by atoms with Crippen LogP contribution in [0.25, 0.3) is 10.4 Å². The Bertz CT molecular complexity index is 446. The Morgan fingerprint density at radius 3 is 2.48 bits per heavy atom. The molecule has 0 aliphatic heterocycles. The Morgan fingerprint density at radius 1 is 1.19 bits per heavy atom. The smallest absolute Gasteiger partial charge is 0.171 e. The van der Waals surface area contributed by atoms with Crippen LogP contribution in [-0.4, -0.2) is 67.5 Å². The summed E-state index contributed by atoms with van der Waals surface area (Å²) in [6.45, 7) is 3.57. The van der Waals surface area contributed by atoms with E-state index in [-0.39, 0.29) is 0 Å². The van der Waals surface area contributed by atoms with Gasteiger partial charge in [0.25, 0.3) is 0 Å². The number of aldehydes is 1. The van der Waals surface area contributed by atoms with Crippen LogP contribution in [0.4, 0.5) is 0 Å². The first-order valence-corrected chi connectivity index (χ1v) is 6.46. The average Bonchev–Trinajstić information content (AvgIpc) is 2.96. The van der Waals surface area contributed by atoms with Crippen LogP contribution in [-0.2, 0) is 20.8 Å². The number of aromatic nitrogens is 3. The van der Waals surface area contributed by atoms with E-state index in [1.807, 2.05) is 0 Å². The second-order valence-corrected chi connectivity index (χ2v) is 3.82. The first-order valence-electron chi connectivity index (χ1n) is 6.46. The summed E-state index contributed by atoms with van der Waals surface area (Å²) in [6, 6.07) is 0. The molecule has 1 aromatic rings. The van der Waals surface area contributed by atoms with E-state index >= 15 is 0 Å². The fourth-order valence-electron chi connectivity index (χ4n) is 1.33. The highest BCUT2D eigenvalue weighted by atomic mass is 16.5. The Balaban J connectivity index is 1.84. The van der Waals surface area contributed by atoms with E-state index < -0.39 is 0 Å². The number of rotatable bonds is 13. The second-order valence-electron chi connectivity index (χ2n) is 3.82. The molecule has 0 radical (unpaired) electrons. The van der Waals surface area contributed by atoms with E-state index in [0.717, 1.165) is 0 Å². The van der Waals surface area contributed by atoms with Gasteiger partial charge >= 0.3 is 0 Å². The van der Waals surface area contributed by atoms with E-state index in [1.54, 1.807) is 10.9 Å². The van der Waals surface area contributed by atoms with Crippen molar-refractivity contribution in [3.63, 3.8) is 0 Å². The first-order chi connectivity index (χ1) is 10.4. The molecule has 21 heavy (non-hydrogen) atoms. The van der Waals surface area contributed by atoms with Crippen LogP contribution in [0.5, 0.6) is 0 Å². The number of hydrogen-bond acceptors (Lipinski definition) is 7. The highest BCUT2D eigenvalue weighted by Gasteiger charge is 1.98. The van der Waals surface area contributed by atoms with Gasteiger partial charge in [-0.2, -0.15) is 0 Å². The quantitative estimate of drug-likeness (QED) is 0.171. The molecule has 0 amide bonds. The van der Waals surface area contributed by atoms with E-state index in [4.69, 9.17) is 19.7 Å². The number of hydrogen-bond donors (Lipinski definition) is 0. The molecule has 1 rings (SSSR count). The Labute approximate surface area is 121 Å². The SMILES string of the molecule is [N-]=[N+]=NCCOCCOCCOCCn1cc(C=O)nn1. The van der Waals surface area contributed by atoms with Gasteiger partial charge < -0.3 is 14.2 Å². The van der Waals surface area contributed by atoms with Crippen LogP contribution in [0.1, 0.15) is 10.5 Å². The molecule has 0 aliphatic carbocycles. The molecule has 0 unspecified atom stereocenters. The number of azide groups is 1. The molecular weight excluding hydrogens is 280 g/mol. The van der Waals surface area contributed by atoms with Crippen LogP contribution >= 0.6 is 0 Å². The molecule has 10 nitrogen and oxygen atoms in total. The highest BCUT2D eigenvalue weighted by molar-refractivity contribution is 5.70. The minimum absolute atomic E-state index is 0.304. The molecule has 0 saturated carbocycles. The third-order valence-corrected chi connectivity index (χ3v) is 2.28. The van der Waals surface area contributed by atoms with Gasteiger partial charge in [0.2, 0.25) is 0 Å². The largest absolute Gasteiger partial charge is 0.379 e. The molecule has 10 heteroatoms. The summed E-state index contributed by atoms with van der Waals surface area (Å²) < 4.78 is 17.3. The van der Waals surface area contributed by atoms with Crippen molar-refractivity contribution < 1.29 is 19.0 Å². The molecule has 116 valence electrons. The zero-order valence-electron chi connectivity index (χ0n) is 11.6. The lowest BCUT2D eigenvalue weighted by atomic mass is 10.5. The van der Waals surface area contributed by atoms with Crippen LogP contribution in [0, 0.1) is 0 Å². The lowest BCUT2D eigenvalue weighted by Crippen LogP contribution is -2.13. The Kier molecular flexibility index (Phi) is 9.58. The molecule has 0 bridgehead atoms. The summed E-state index contributed by atoms with van der Waals surface area (Å²) in [5.74, 6) is 0. The maximum atomic E-state index is 10.4. The number of carbonyl (C=O) groups excluding carboxylic acids is 1. The lowest BCUT2D eigenvalue weighted by Gasteiger charge is -2.06. The Morgan fingerprint density at radius 2 is 1.86 bits per heavy atom. The minimum Gasteiger partial charge on any atom is -0.379 e. The molecule has 1 aromatic heterocycles. The summed E-state index contributed by atoms with van der Waals surface area (Å²) in [6.07, 6.45) is 2.20. The van der Waals surface area contributed by atoms with Crippen LogP contribution in [0.3, 0.4) is 0 Å². The van der Waals surface area contributed by atoms with Crippen molar-refractivity contribution in [2.45, 2.75) is 6.54 Å². The monoisotopic (exact) mass is 298 g/mol. The van der Waals surface area contributed by atoms with Gasteiger partial charge in [0.05, 0.1) is 52.4 Å². The molecular formula is C11H18N6O4. The summed E-state index contributed by atoms with van der Waals surface area (Å²) in [4.78, 5) is 13.0. The van der Waals surface area contributed by atoms with E-state index in [0.29, 0.717) is 64.7 Å². The van der Waals surface area contributed by atoms with E-state index in [9.17, 15) is 4.79 Å². The molecule has 0 spiro atoms. The summed E-state index contributed by atoms with van der Waals surface area (Å²) in [7, 11) is 0. The zero-order chi connectivity index (χ0) is 15.2. The van der Waals surface area contributed by atoms with Crippen LogP contribution in [0.2, 0.25) is 0 Å². The topological polar surface area (TPSA) is 124 Å². The molecule has 0 atom stereocenters. The molecule has 0 fully saturated rings. The van der Waals surface area contributed by atoms with Crippen molar-refractivity contribution in [3.8, 4) is 0 Å². The first kappa shape index (κ1) is 17.1. The number of carbonyl (C=O) groups is 1. The predicted molar refractivity (Wildman–Crippen MR) is 71.9 cm³/mol. The summed E-state index contributed by atoms with van der Waals surface area (Å²) in [5, 5.41) is 10.7. The van der Waals surface area contributed by atoms with Crippen molar-refractivity contribution in [1.82, 2.24) is 15.0 Å². The minimum atomic E-state index is 0.304. The molecule has 0 N–H and O–H groups in total. The van der Waals surface area contributed by atoms with Crippen molar-refractivity contribution in [3.05, 3.63) is 22.3 Å². The highest BCUT2D eigenvalue weighted by Crippen LogP contribution is 1.89. The van der Waals surface area contributed by atoms with Gasteiger partial charge in [0, 0.05) is 11.5 Å². The van der Waals surface area contributed by atoms with Crippen LogP contribution < -0.4 is 0 Å². The molecule has 1 heterocycles. The maximum Gasteiger partial charge on any atom is 0.171 e. The van der Waals surface area contributed by atoms with Crippen LogP contribution in [0.15, 0.2) is 11.3 Å². The molecule has 0 aliphatic rings. The fourth-order valence-corrected chi connectivity index (χ4v) is 1.33. The molecule has 0 aromatic carbocycles. The average molecular weight is 298 g/mol. The number of ether oxygens (including phenoxy) is 3. The third kappa shape index (κ3) is 8.71. The zero-order valence-corrected chi connectivity index (χ0v) is 11.6. The van der Waals surface area contributed by atoms with E-state index in [1.165, 1.54) is 0 Å². The van der Waals surface area contributed by atoms with Gasteiger partial charge in [0.1, 0.15) is 5.69 Å². The Hall–Kier alpha value is -2.00. The maximum absolute atomic E-state index is 10.4. The second kappa shape index (κ2) is 11.8. The van der Waals surface area contributed by atoms with Crippen molar-refractivity contribution in [2.24, 2.45) is 5.11 Å². The standard InChI is InChI=1S/C11H18N6O4/c12-15-13-1-3-19-5-7-21-8-6-20-4-2-17-9-11(10-18)14-16-17/h9-10H,1-8H2. The normalized spacial score (nSPS) is 10.3. The van der Waals surface area contributed by atoms with E-state index in [2.05, 4.69) is 20.3 Å².